The van der Waals surface area contributed by atoms with Crippen molar-refractivity contribution in [2.24, 2.45) is 5.41 Å². The number of carbonyl (C=O) groups excluding carboxylic acids is 1. The van der Waals surface area contributed by atoms with Crippen LogP contribution in [0, 0.1) is 17.0 Å². The zero-order chi connectivity index (χ0) is 28.2. The number of thiazole rings is 1. The minimum Gasteiger partial charge on any atom is -0.496 e. The van der Waals surface area contributed by atoms with Crippen LogP contribution in [0.3, 0.4) is 0 Å². The number of hydrogen-bond acceptors (Lipinski definition) is 7. The summed E-state index contributed by atoms with van der Waals surface area (Å²) in [5.74, 6) is -2.40. The number of ether oxygens (including phenoxy) is 2. The molecular formula is C28H31F2N3O5S. The second-order valence-electron chi connectivity index (χ2n) is 9.92. The number of aliphatic carboxylic acids is 1. The number of halogens is 2. The van der Waals surface area contributed by atoms with E-state index in [1.165, 1.54) is 11.3 Å². The lowest BCUT2D eigenvalue weighted by Gasteiger charge is -2.25. The number of rotatable bonds is 12. The second-order valence-corrected chi connectivity index (χ2v) is 10.9. The van der Waals surface area contributed by atoms with Gasteiger partial charge in [0, 0.05) is 23.6 Å². The SMILES string of the molecule is COc1cc(OCCCN(C)C)ccc1-c1csc(CNC(=O)C2(CC(=O)O)Cc3cc(F)c(F)cc3C2)n1. The fraction of sp³-hybridized carbons (Fsp3) is 0.393. The molecule has 4 rings (SSSR count). The van der Waals surface area contributed by atoms with Crippen molar-refractivity contribution in [1.29, 1.82) is 0 Å². The van der Waals surface area contributed by atoms with E-state index in [9.17, 15) is 23.5 Å². The maximum atomic E-state index is 13.8. The number of nitrogens with zero attached hydrogens (tertiary/aromatic N) is 2. The van der Waals surface area contributed by atoms with E-state index in [1.54, 1.807) is 7.11 Å². The Morgan fingerprint density at radius 1 is 1.15 bits per heavy atom. The van der Waals surface area contributed by atoms with Crippen molar-refractivity contribution in [3.8, 4) is 22.8 Å². The molecule has 0 fully saturated rings. The Bertz CT molecular complexity index is 1330. The van der Waals surface area contributed by atoms with Crippen molar-refractivity contribution in [1.82, 2.24) is 15.2 Å². The molecule has 11 heteroatoms. The summed E-state index contributed by atoms with van der Waals surface area (Å²) in [5.41, 5.74) is 0.988. The van der Waals surface area contributed by atoms with Crippen molar-refractivity contribution in [2.75, 3.05) is 34.4 Å². The van der Waals surface area contributed by atoms with Crippen LogP contribution >= 0.6 is 11.3 Å². The fourth-order valence-electron chi connectivity index (χ4n) is 4.81. The molecule has 1 heterocycles. The summed E-state index contributed by atoms with van der Waals surface area (Å²) in [6, 6.07) is 7.62. The molecule has 0 unspecified atom stereocenters. The summed E-state index contributed by atoms with van der Waals surface area (Å²) >= 11 is 1.34. The Kier molecular flexibility index (Phi) is 8.81. The lowest BCUT2D eigenvalue weighted by Crippen LogP contribution is -2.43. The van der Waals surface area contributed by atoms with E-state index >= 15 is 0 Å². The fourth-order valence-corrected chi connectivity index (χ4v) is 5.54. The smallest absolute Gasteiger partial charge is 0.304 e. The zero-order valence-electron chi connectivity index (χ0n) is 22.1. The van der Waals surface area contributed by atoms with Gasteiger partial charge in [-0.25, -0.2) is 13.8 Å². The zero-order valence-corrected chi connectivity index (χ0v) is 22.9. The molecule has 1 amide bonds. The Balaban J connectivity index is 1.43. The Hall–Kier alpha value is -3.57. The normalized spacial score (nSPS) is 13.8. The molecule has 1 aliphatic rings. The van der Waals surface area contributed by atoms with E-state index in [1.807, 2.05) is 37.7 Å². The standard InChI is InChI=1S/C28H31F2N3O5S/c1-33(2)7-4-8-38-19-5-6-20(24(11-19)37-3)23-16-39-25(32-23)15-31-27(36)28(14-26(34)35)12-17-9-21(29)22(30)10-18(17)13-28/h5-6,9-11,16H,4,7-8,12-15H2,1-3H3,(H,31,36)(H,34,35). The van der Waals surface area contributed by atoms with Crippen LogP contribution in [0.15, 0.2) is 35.7 Å². The minimum atomic E-state index is -1.33. The average Bonchev–Trinajstić information content (AvgIpc) is 3.49. The van der Waals surface area contributed by atoms with Gasteiger partial charge >= 0.3 is 5.97 Å². The van der Waals surface area contributed by atoms with Crippen LogP contribution in [0.2, 0.25) is 0 Å². The van der Waals surface area contributed by atoms with Gasteiger partial charge in [-0.2, -0.15) is 0 Å². The average molecular weight is 560 g/mol. The van der Waals surface area contributed by atoms with E-state index in [0.717, 1.165) is 30.7 Å². The number of fused-ring (bicyclic) bond motifs is 1. The van der Waals surface area contributed by atoms with Gasteiger partial charge in [0.15, 0.2) is 11.6 Å². The van der Waals surface area contributed by atoms with E-state index in [2.05, 4.69) is 15.2 Å². The molecule has 39 heavy (non-hydrogen) atoms. The summed E-state index contributed by atoms with van der Waals surface area (Å²) in [4.78, 5) is 31.6. The van der Waals surface area contributed by atoms with E-state index < -0.39 is 35.3 Å². The monoisotopic (exact) mass is 559 g/mol. The molecule has 1 aromatic heterocycles. The number of benzene rings is 2. The first-order chi connectivity index (χ1) is 18.6. The van der Waals surface area contributed by atoms with Crippen LogP contribution in [0.1, 0.15) is 29.0 Å². The van der Waals surface area contributed by atoms with Crippen molar-refractivity contribution in [2.45, 2.75) is 32.2 Å². The van der Waals surface area contributed by atoms with Crippen molar-refractivity contribution >= 4 is 23.2 Å². The molecule has 0 radical (unpaired) electrons. The summed E-state index contributed by atoms with van der Waals surface area (Å²) in [7, 11) is 5.59. The first-order valence-electron chi connectivity index (χ1n) is 12.5. The van der Waals surface area contributed by atoms with Gasteiger partial charge in [-0.05, 0) is 68.8 Å². The topological polar surface area (TPSA) is 101 Å². The predicted molar refractivity (Wildman–Crippen MR) is 143 cm³/mol. The third kappa shape index (κ3) is 6.72. The summed E-state index contributed by atoms with van der Waals surface area (Å²) in [6.07, 6.45) is 0.468. The molecule has 8 nitrogen and oxygen atoms in total. The van der Waals surface area contributed by atoms with Crippen molar-refractivity contribution in [3.05, 3.63) is 63.5 Å². The quantitative estimate of drug-likeness (QED) is 0.319. The number of hydrogen-bond donors (Lipinski definition) is 2. The lowest BCUT2D eigenvalue weighted by molar-refractivity contribution is -0.145. The van der Waals surface area contributed by atoms with Crippen LogP contribution in [0.5, 0.6) is 11.5 Å². The van der Waals surface area contributed by atoms with E-state index in [-0.39, 0.29) is 19.4 Å². The number of carboxylic acids is 1. The largest absolute Gasteiger partial charge is 0.496 e. The van der Waals surface area contributed by atoms with Crippen LogP contribution < -0.4 is 14.8 Å². The number of nitrogens with one attached hydrogen (secondary N) is 1. The van der Waals surface area contributed by atoms with Gasteiger partial charge in [-0.3, -0.25) is 9.59 Å². The maximum absolute atomic E-state index is 13.8. The van der Waals surface area contributed by atoms with Gasteiger partial charge in [0.2, 0.25) is 5.91 Å². The second kappa shape index (κ2) is 12.1. The lowest BCUT2D eigenvalue weighted by atomic mass is 9.80. The predicted octanol–water partition coefficient (Wildman–Crippen LogP) is 4.30. The molecule has 0 spiro atoms. The van der Waals surface area contributed by atoms with Gasteiger partial charge in [0.05, 0.1) is 37.8 Å². The van der Waals surface area contributed by atoms with Crippen molar-refractivity contribution in [3.63, 3.8) is 0 Å². The van der Waals surface area contributed by atoms with E-state index in [4.69, 9.17) is 9.47 Å². The summed E-state index contributed by atoms with van der Waals surface area (Å²) in [5, 5.41) is 14.7. The van der Waals surface area contributed by atoms with Crippen LogP contribution in [0.4, 0.5) is 8.78 Å². The molecule has 2 aromatic carbocycles. The van der Waals surface area contributed by atoms with Gasteiger partial charge < -0.3 is 24.8 Å². The minimum absolute atomic E-state index is 0.0154. The highest BCUT2D eigenvalue weighted by Crippen LogP contribution is 2.41. The van der Waals surface area contributed by atoms with Crippen molar-refractivity contribution < 1.29 is 33.0 Å². The highest BCUT2D eigenvalue weighted by Gasteiger charge is 2.46. The number of carbonyl (C=O) groups is 2. The number of methoxy groups -OCH3 is 1. The Morgan fingerprint density at radius 2 is 1.85 bits per heavy atom. The molecule has 0 bridgehead atoms. The van der Waals surface area contributed by atoms with Crippen LogP contribution in [0.25, 0.3) is 11.3 Å². The number of carboxylic acid groups (broad SMARTS) is 1. The maximum Gasteiger partial charge on any atom is 0.304 e. The molecular weight excluding hydrogens is 528 g/mol. The molecule has 0 saturated heterocycles. The molecule has 208 valence electrons. The Labute approximate surface area is 229 Å². The first kappa shape index (κ1) is 28.4. The van der Waals surface area contributed by atoms with Gasteiger partial charge in [-0.1, -0.05) is 0 Å². The molecule has 0 aliphatic heterocycles. The molecule has 0 atom stereocenters. The summed E-state index contributed by atoms with van der Waals surface area (Å²) < 4.78 is 38.9. The van der Waals surface area contributed by atoms with Gasteiger partial charge in [0.1, 0.15) is 16.5 Å². The highest BCUT2D eigenvalue weighted by molar-refractivity contribution is 7.09. The highest BCUT2D eigenvalue weighted by atomic mass is 32.1. The van der Waals surface area contributed by atoms with E-state index in [0.29, 0.717) is 39.9 Å². The molecule has 1 aliphatic carbocycles. The third-order valence-electron chi connectivity index (χ3n) is 6.69. The molecule has 3 aromatic rings. The Morgan fingerprint density at radius 3 is 2.46 bits per heavy atom. The first-order valence-corrected chi connectivity index (χ1v) is 13.4. The molecule has 0 saturated carbocycles. The summed E-state index contributed by atoms with van der Waals surface area (Å²) in [6.45, 7) is 1.59. The van der Waals surface area contributed by atoms with Crippen LogP contribution in [-0.4, -0.2) is 61.2 Å². The number of amides is 1. The number of aromatic nitrogens is 1. The van der Waals surface area contributed by atoms with Gasteiger partial charge in [-0.15, -0.1) is 11.3 Å². The van der Waals surface area contributed by atoms with Crippen LogP contribution in [-0.2, 0) is 29.0 Å². The van der Waals surface area contributed by atoms with Gasteiger partial charge in [0.25, 0.3) is 0 Å². The molecule has 2 N–H and O–H groups in total. The third-order valence-corrected chi connectivity index (χ3v) is 7.54.